The summed E-state index contributed by atoms with van der Waals surface area (Å²) >= 11 is 0. The van der Waals surface area contributed by atoms with Gasteiger partial charge in [0.2, 0.25) is 0 Å². The molecule has 16 rings (SSSR count). The fraction of sp³-hybridized carbons (Fsp3) is 0.290. The van der Waals surface area contributed by atoms with Crippen LogP contribution < -0.4 is 9.47 Å². The van der Waals surface area contributed by atoms with Crippen LogP contribution in [-0.4, -0.2) is 78.8 Å². The van der Waals surface area contributed by atoms with Crippen molar-refractivity contribution in [1.82, 2.24) is 64.6 Å². The lowest BCUT2D eigenvalue weighted by atomic mass is 9.96. The highest BCUT2D eigenvalue weighted by molar-refractivity contribution is 5.89. The van der Waals surface area contributed by atoms with Crippen molar-refractivity contribution in [1.29, 1.82) is 0 Å². The molecule has 0 bridgehead atoms. The van der Waals surface area contributed by atoms with E-state index in [1.165, 1.54) is 76.6 Å². The zero-order chi connectivity index (χ0) is 77.4. The van der Waals surface area contributed by atoms with Crippen molar-refractivity contribution in [3.63, 3.8) is 0 Å². The number of hydrogen-bond acceptors (Lipinski definition) is 14. The van der Waals surface area contributed by atoms with E-state index < -0.39 is 0 Å². The monoisotopic (exact) mass is 1440 g/mol. The summed E-state index contributed by atoms with van der Waals surface area (Å²) in [6.45, 7) is 35.0. The summed E-state index contributed by atoms with van der Waals surface area (Å²) in [6.07, 6.45) is 21.7. The van der Waals surface area contributed by atoms with E-state index in [9.17, 15) is 0 Å². The van der Waals surface area contributed by atoms with Crippen LogP contribution in [0, 0.1) is 0 Å². The number of pyridine rings is 9. The average molecular weight is 1440 g/mol. The van der Waals surface area contributed by atoms with Crippen LogP contribution in [0.3, 0.4) is 0 Å². The molecule has 0 aliphatic rings. The fourth-order valence-corrected chi connectivity index (χ4v) is 12.9. The summed E-state index contributed by atoms with van der Waals surface area (Å²) in [4.78, 5) is 46.8. The predicted molar refractivity (Wildman–Crippen MR) is 450 cm³/mol. The Morgan fingerprint density at radius 1 is 0.296 bits per heavy atom. The van der Waals surface area contributed by atoms with Crippen LogP contribution >= 0.6 is 0 Å². The van der Waals surface area contributed by atoms with Crippen molar-refractivity contribution >= 4 is 87.5 Å². The maximum absolute atomic E-state index is 5.30. The van der Waals surface area contributed by atoms with Crippen molar-refractivity contribution in [2.45, 2.75) is 158 Å². The third-order valence-corrected chi connectivity index (χ3v) is 18.6. The molecule has 554 valence electrons. The van der Waals surface area contributed by atoms with Crippen molar-refractivity contribution in [3.05, 3.63) is 289 Å². The summed E-state index contributed by atoms with van der Waals surface area (Å²) in [6, 6.07) is 57.9. The van der Waals surface area contributed by atoms with Crippen LogP contribution in [0.4, 0.5) is 0 Å². The number of fused-ring (bicyclic) bond motifs is 8. The van der Waals surface area contributed by atoms with Gasteiger partial charge in [0.1, 0.15) is 23.3 Å². The Morgan fingerprint density at radius 2 is 0.759 bits per heavy atom. The Labute approximate surface area is 637 Å². The Morgan fingerprint density at radius 3 is 1.40 bits per heavy atom. The lowest BCUT2D eigenvalue weighted by Crippen LogP contribution is -1.96. The number of aryl methyl sites for hydroxylation is 1. The van der Waals surface area contributed by atoms with Crippen LogP contribution in [0.1, 0.15) is 203 Å². The quantitative estimate of drug-likeness (QED) is 0.126. The Kier molecular flexibility index (Phi) is 29.2. The fourth-order valence-electron chi connectivity index (χ4n) is 12.9. The van der Waals surface area contributed by atoms with Gasteiger partial charge >= 0.3 is 0 Å². The Hall–Kier alpha value is -11.6. The van der Waals surface area contributed by atoms with Gasteiger partial charge in [-0.2, -0.15) is 5.10 Å². The first-order chi connectivity index (χ1) is 52.1. The Balaban J connectivity index is 0.000000142. The standard InChI is InChI=1S/2C13H15NO.C13H14.C12H13N.3C11H12N2.C9H12N4/c1-9(2)11-6-7-14-13-8-10(15-3)4-5-12(11)13;1-9(2)10-7-8-14-13-11(10)5-4-6-12(13)15-3;1-10(2)12-9-5-7-11-6-3-4-8-13(11)12;1-9(2)10-7-8-13-12-6-4-3-5-11(10)12;1-8(2)9-4-6-13-11-7-12-5-3-10(9)11;1-8(2)9-5-7-12-10-4-3-6-13-11(9)10;1-8(2)9-5-7-13-11-10(9)4-3-6-12-11;1-6(2)8-7-4-12-13(3)9(7)11-5-10-8/h2*4-9H,1-3H3;3-10H,1-2H3;3-9H,1-2H3;3*3-8H,1-2H3;4-6H,1-3H3. The van der Waals surface area contributed by atoms with Gasteiger partial charge in [-0.05, 0) is 188 Å². The largest absolute Gasteiger partial charge is 0.497 e. The van der Waals surface area contributed by atoms with Crippen LogP contribution in [0.25, 0.3) is 87.5 Å². The third-order valence-electron chi connectivity index (χ3n) is 18.6. The highest BCUT2D eigenvalue weighted by Gasteiger charge is 2.14. The molecule has 0 unspecified atom stereocenters. The third kappa shape index (κ3) is 20.7. The minimum Gasteiger partial charge on any atom is -0.497 e. The van der Waals surface area contributed by atoms with Crippen molar-refractivity contribution in [2.75, 3.05) is 14.2 Å². The van der Waals surface area contributed by atoms with Crippen LogP contribution in [-0.2, 0) is 7.05 Å². The molecule has 0 N–H and O–H groups in total. The van der Waals surface area contributed by atoms with Gasteiger partial charge in [-0.3, -0.25) is 39.6 Å². The molecule has 0 saturated carbocycles. The minimum absolute atomic E-state index is 0.412. The normalized spacial score (nSPS) is 11.0. The molecule has 16 aromatic rings. The van der Waals surface area contributed by atoms with Gasteiger partial charge in [0.15, 0.2) is 11.3 Å². The second-order valence-electron chi connectivity index (χ2n) is 28.9. The van der Waals surface area contributed by atoms with Gasteiger partial charge in [0.05, 0.1) is 65.3 Å². The number of ether oxygens (including phenoxy) is 2. The van der Waals surface area contributed by atoms with Gasteiger partial charge in [0.25, 0.3) is 0 Å². The van der Waals surface area contributed by atoms with Crippen molar-refractivity contribution < 1.29 is 9.47 Å². The summed E-state index contributed by atoms with van der Waals surface area (Å²) < 4.78 is 12.2. The minimum atomic E-state index is 0.412. The molecule has 108 heavy (non-hydrogen) atoms. The number of rotatable bonds is 10. The predicted octanol–water partition coefficient (Wildman–Crippen LogP) is 23.8. The summed E-state index contributed by atoms with van der Waals surface area (Å²) in [5.41, 5.74) is 18.2. The van der Waals surface area contributed by atoms with Gasteiger partial charge < -0.3 is 9.47 Å². The van der Waals surface area contributed by atoms with Crippen LogP contribution in [0.2, 0.25) is 0 Å². The highest BCUT2D eigenvalue weighted by Crippen LogP contribution is 2.32. The van der Waals surface area contributed by atoms with E-state index in [-0.39, 0.29) is 0 Å². The molecule has 0 fully saturated rings. The van der Waals surface area contributed by atoms with Gasteiger partial charge in [-0.15, -0.1) is 0 Å². The van der Waals surface area contributed by atoms with E-state index in [1.54, 1.807) is 37.6 Å². The number of nitrogens with zero attached hydrogens (tertiary/aromatic N) is 13. The lowest BCUT2D eigenvalue weighted by Gasteiger charge is -2.10. The molecule has 0 aliphatic carbocycles. The summed E-state index contributed by atoms with van der Waals surface area (Å²) in [5, 5.41) is 14.0. The molecular formula is C93H105N13O2. The van der Waals surface area contributed by atoms with E-state index in [1.807, 2.05) is 123 Å². The highest BCUT2D eigenvalue weighted by atomic mass is 16.5. The number of aromatic nitrogens is 13. The van der Waals surface area contributed by atoms with Gasteiger partial charge in [-0.1, -0.05) is 184 Å². The number of para-hydroxylation sites is 2. The van der Waals surface area contributed by atoms with Crippen LogP contribution in [0.15, 0.2) is 244 Å². The zero-order valence-corrected chi connectivity index (χ0v) is 66.3. The van der Waals surface area contributed by atoms with Crippen molar-refractivity contribution in [2.24, 2.45) is 7.05 Å². The van der Waals surface area contributed by atoms with Crippen LogP contribution in [0.5, 0.6) is 11.5 Å². The molecule has 0 amide bonds. The van der Waals surface area contributed by atoms with Crippen molar-refractivity contribution in [3.8, 4) is 11.5 Å². The molecule has 11 heterocycles. The van der Waals surface area contributed by atoms with E-state index >= 15 is 0 Å². The summed E-state index contributed by atoms with van der Waals surface area (Å²) in [5.74, 6) is 5.86. The molecule has 15 nitrogen and oxygen atoms in total. The number of hydrogen-bond donors (Lipinski definition) is 0. The molecular weight excluding hydrogens is 1330 g/mol. The molecule has 0 aliphatic heterocycles. The smallest absolute Gasteiger partial charge is 0.161 e. The molecule has 0 radical (unpaired) electrons. The first-order valence-electron chi connectivity index (χ1n) is 37.5. The molecule has 15 heteroatoms. The number of methoxy groups -OCH3 is 2. The number of benzene rings is 5. The van der Waals surface area contributed by atoms with E-state index in [0.717, 1.165) is 67.0 Å². The second-order valence-corrected chi connectivity index (χ2v) is 28.9. The molecule has 0 spiro atoms. The topological polar surface area (TPSA) is 178 Å². The molecule has 5 aromatic carbocycles. The van der Waals surface area contributed by atoms with E-state index in [4.69, 9.17) is 9.47 Å². The van der Waals surface area contributed by atoms with Gasteiger partial charge in [0, 0.05) is 95.8 Å². The molecule has 11 aromatic heterocycles. The SMILES string of the molecule is CC(C)c1cccc2ccccc12.CC(C)c1ccnc2ccccc12.CC(C)c1ccnc2cccnc12.CC(C)c1ccnc2cnccc12.CC(C)c1ccnc2ncccc12.CC(C)c1ncnc2c1cnn2C.COc1ccc2c(C(C)C)ccnc2c1.COc1cccc2c(C(C)C)ccnc12. The first kappa shape index (κ1) is 80.5. The molecule has 0 atom stereocenters. The first-order valence-corrected chi connectivity index (χ1v) is 37.5. The Bertz CT molecular complexity index is 5030. The van der Waals surface area contributed by atoms with Gasteiger partial charge in [-0.25, -0.2) is 19.9 Å². The van der Waals surface area contributed by atoms with E-state index in [0.29, 0.717) is 47.3 Å². The maximum Gasteiger partial charge on any atom is 0.161 e. The maximum atomic E-state index is 5.30. The lowest BCUT2D eigenvalue weighted by molar-refractivity contribution is 0.415. The zero-order valence-electron chi connectivity index (χ0n) is 66.3. The second kappa shape index (κ2) is 39.1. The average Bonchev–Trinajstić information content (AvgIpc) is 1.61. The van der Waals surface area contributed by atoms with E-state index in [2.05, 4.69) is 280 Å². The summed E-state index contributed by atoms with van der Waals surface area (Å²) in [7, 11) is 5.24. The molecule has 0 saturated heterocycles.